The number of halogens is 1. The number of amides is 3. The van der Waals surface area contributed by atoms with Gasteiger partial charge in [0.2, 0.25) is 5.91 Å². The summed E-state index contributed by atoms with van der Waals surface area (Å²) >= 11 is 0. The van der Waals surface area contributed by atoms with Crippen LogP contribution in [0.2, 0.25) is 0 Å². The molecular formula is C19H35IN6O2. The lowest BCUT2D eigenvalue weighted by Gasteiger charge is -2.40. The third kappa shape index (κ3) is 6.47. The number of nitrogens with one attached hydrogen (secondary N) is 3. The molecule has 0 radical (unpaired) electrons. The van der Waals surface area contributed by atoms with E-state index in [2.05, 4.69) is 25.8 Å². The van der Waals surface area contributed by atoms with Crippen LogP contribution in [0.3, 0.4) is 0 Å². The predicted molar refractivity (Wildman–Crippen MR) is 121 cm³/mol. The molecule has 1 atom stereocenters. The van der Waals surface area contributed by atoms with E-state index in [1.807, 2.05) is 6.92 Å². The van der Waals surface area contributed by atoms with Gasteiger partial charge in [0, 0.05) is 25.2 Å². The molecule has 0 aromatic heterocycles. The van der Waals surface area contributed by atoms with Gasteiger partial charge >= 0.3 is 6.03 Å². The Morgan fingerprint density at radius 2 is 1.96 bits per heavy atom. The van der Waals surface area contributed by atoms with Crippen molar-refractivity contribution >= 4 is 41.9 Å². The SMILES string of the molecule is CCNC(=NCCN1C(=O)CNC1=O)NC1CCCN(C2CCCCC2)C1.I. The normalized spacial score (nSPS) is 24.7. The molecule has 0 aromatic carbocycles. The summed E-state index contributed by atoms with van der Waals surface area (Å²) in [5.74, 6) is 0.601. The van der Waals surface area contributed by atoms with E-state index in [9.17, 15) is 9.59 Å². The molecule has 2 heterocycles. The minimum absolute atomic E-state index is 0. The molecule has 3 aliphatic rings. The Hall–Kier alpha value is -1.10. The highest BCUT2D eigenvalue weighted by atomic mass is 127. The molecule has 1 aliphatic carbocycles. The Morgan fingerprint density at radius 1 is 1.18 bits per heavy atom. The molecule has 2 saturated heterocycles. The van der Waals surface area contributed by atoms with Crippen molar-refractivity contribution in [2.24, 2.45) is 4.99 Å². The predicted octanol–water partition coefficient (Wildman–Crippen LogP) is 1.51. The van der Waals surface area contributed by atoms with Gasteiger partial charge in [-0.15, -0.1) is 24.0 Å². The summed E-state index contributed by atoms with van der Waals surface area (Å²) in [5, 5.41) is 9.39. The van der Waals surface area contributed by atoms with Gasteiger partial charge in [-0.25, -0.2) is 4.79 Å². The molecule has 1 unspecified atom stereocenters. The van der Waals surface area contributed by atoms with Crippen LogP contribution in [0.1, 0.15) is 51.9 Å². The fourth-order valence-corrected chi connectivity index (χ4v) is 4.36. The Balaban J connectivity index is 0.00000280. The Morgan fingerprint density at radius 3 is 2.64 bits per heavy atom. The van der Waals surface area contributed by atoms with E-state index in [1.165, 1.54) is 50.0 Å². The topological polar surface area (TPSA) is 89.1 Å². The molecule has 8 nitrogen and oxygen atoms in total. The van der Waals surface area contributed by atoms with Crippen LogP contribution < -0.4 is 16.0 Å². The minimum Gasteiger partial charge on any atom is -0.357 e. The number of likely N-dealkylation sites (tertiary alicyclic amines) is 1. The van der Waals surface area contributed by atoms with E-state index in [1.54, 1.807) is 0 Å². The van der Waals surface area contributed by atoms with E-state index in [0.29, 0.717) is 19.1 Å². The molecule has 0 aromatic rings. The van der Waals surface area contributed by atoms with Crippen LogP contribution in [0.15, 0.2) is 4.99 Å². The van der Waals surface area contributed by atoms with E-state index in [0.717, 1.165) is 31.5 Å². The zero-order valence-electron chi connectivity index (χ0n) is 16.9. The lowest BCUT2D eigenvalue weighted by molar-refractivity contribution is -0.124. The highest BCUT2D eigenvalue weighted by Crippen LogP contribution is 2.25. The molecule has 3 fully saturated rings. The second-order valence-electron chi connectivity index (χ2n) is 7.73. The smallest absolute Gasteiger partial charge is 0.324 e. The van der Waals surface area contributed by atoms with Crippen molar-refractivity contribution in [3.8, 4) is 0 Å². The molecule has 28 heavy (non-hydrogen) atoms. The number of urea groups is 1. The van der Waals surface area contributed by atoms with E-state index in [4.69, 9.17) is 0 Å². The quantitative estimate of drug-likeness (QED) is 0.220. The number of hydrogen-bond donors (Lipinski definition) is 3. The van der Waals surface area contributed by atoms with Crippen LogP contribution in [0, 0.1) is 0 Å². The highest BCUT2D eigenvalue weighted by molar-refractivity contribution is 14.0. The van der Waals surface area contributed by atoms with Gasteiger partial charge in [-0.2, -0.15) is 0 Å². The summed E-state index contributed by atoms with van der Waals surface area (Å²) in [6, 6.07) is 0.835. The maximum atomic E-state index is 11.6. The number of guanidine groups is 1. The zero-order valence-corrected chi connectivity index (χ0v) is 19.2. The monoisotopic (exact) mass is 506 g/mol. The van der Waals surface area contributed by atoms with Crippen LogP contribution >= 0.6 is 24.0 Å². The number of imide groups is 1. The zero-order chi connectivity index (χ0) is 19.1. The van der Waals surface area contributed by atoms with Crippen molar-refractivity contribution in [1.29, 1.82) is 0 Å². The molecule has 3 N–H and O–H groups in total. The molecule has 0 bridgehead atoms. The average molecular weight is 506 g/mol. The van der Waals surface area contributed by atoms with Gasteiger partial charge in [0.25, 0.3) is 0 Å². The Bertz CT molecular complexity index is 537. The second kappa shape index (κ2) is 11.8. The van der Waals surface area contributed by atoms with Crippen LogP contribution in [-0.4, -0.2) is 79.0 Å². The van der Waals surface area contributed by atoms with Crippen LogP contribution in [0.25, 0.3) is 0 Å². The number of carbonyl (C=O) groups is 2. The van der Waals surface area contributed by atoms with Gasteiger partial charge in [0.1, 0.15) is 0 Å². The third-order valence-electron chi connectivity index (χ3n) is 5.76. The molecule has 3 amide bonds. The first-order chi connectivity index (χ1) is 13.2. The van der Waals surface area contributed by atoms with Crippen molar-refractivity contribution in [3.63, 3.8) is 0 Å². The molecule has 1 saturated carbocycles. The summed E-state index contributed by atoms with van der Waals surface area (Å²) in [7, 11) is 0. The summed E-state index contributed by atoms with van der Waals surface area (Å²) < 4.78 is 0. The largest absolute Gasteiger partial charge is 0.357 e. The molecule has 160 valence electrons. The van der Waals surface area contributed by atoms with Crippen LogP contribution in [0.4, 0.5) is 4.79 Å². The van der Waals surface area contributed by atoms with Crippen molar-refractivity contribution in [2.45, 2.75) is 64.0 Å². The van der Waals surface area contributed by atoms with Crippen LogP contribution in [0.5, 0.6) is 0 Å². The third-order valence-corrected chi connectivity index (χ3v) is 5.76. The van der Waals surface area contributed by atoms with Crippen molar-refractivity contribution in [1.82, 2.24) is 25.8 Å². The van der Waals surface area contributed by atoms with Crippen molar-refractivity contribution < 1.29 is 9.59 Å². The standard InChI is InChI=1S/C19H34N6O2.HI/c1-2-20-18(21-10-12-25-17(26)13-22-19(25)27)23-15-7-6-11-24(14-15)16-8-4-3-5-9-16;/h15-16H,2-14H2,1H3,(H,22,27)(H2,20,21,23);1H. The molecule has 0 spiro atoms. The van der Waals surface area contributed by atoms with Gasteiger partial charge in [-0.05, 0) is 39.2 Å². The number of hydrogen-bond acceptors (Lipinski definition) is 4. The maximum Gasteiger partial charge on any atom is 0.324 e. The van der Waals surface area contributed by atoms with Crippen molar-refractivity contribution in [3.05, 3.63) is 0 Å². The Kier molecular flexibility index (Phi) is 9.76. The molecule has 3 rings (SSSR count). The van der Waals surface area contributed by atoms with Gasteiger partial charge in [0.05, 0.1) is 19.6 Å². The van der Waals surface area contributed by atoms with E-state index in [-0.39, 0.29) is 42.5 Å². The summed E-state index contributed by atoms with van der Waals surface area (Å²) in [6.07, 6.45) is 9.18. The maximum absolute atomic E-state index is 11.6. The number of piperidine rings is 1. The lowest BCUT2D eigenvalue weighted by Crippen LogP contribution is -2.53. The molecule has 9 heteroatoms. The van der Waals surface area contributed by atoms with Crippen LogP contribution in [-0.2, 0) is 4.79 Å². The summed E-state index contributed by atoms with van der Waals surface area (Å²) in [6.45, 7) is 5.94. The fraction of sp³-hybridized carbons (Fsp3) is 0.842. The molecular weight excluding hydrogens is 471 g/mol. The number of aliphatic imine (C=N–C) groups is 1. The first-order valence-electron chi connectivity index (χ1n) is 10.5. The van der Waals surface area contributed by atoms with Crippen molar-refractivity contribution in [2.75, 3.05) is 39.3 Å². The first kappa shape index (κ1) is 23.2. The highest BCUT2D eigenvalue weighted by Gasteiger charge is 2.28. The summed E-state index contributed by atoms with van der Waals surface area (Å²) in [5.41, 5.74) is 0. The lowest BCUT2D eigenvalue weighted by atomic mass is 9.92. The first-order valence-corrected chi connectivity index (χ1v) is 10.5. The van der Waals surface area contributed by atoms with Gasteiger partial charge < -0.3 is 16.0 Å². The van der Waals surface area contributed by atoms with E-state index < -0.39 is 0 Å². The Labute approximate surface area is 185 Å². The van der Waals surface area contributed by atoms with E-state index >= 15 is 0 Å². The van der Waals surface area contributed by atoms with Gasteiger partial charge in [-0.1, -0.05) is 19.3 Å². The minimum atomic E-state index is -0.316. The van der Waals surface area contributed by atoms with Gasteiger partial charge in [-0.3, -0.25) is 19.6 Å². The number of nitrogens with zero attached hydrogens (tertiary/aromatic N) is 3. The second-order valence-corrected chi connectivity index (χ2v) is 7.73. The van der Waals surface area contributed by atoms with Gasteiger partial charge in [0.15, 0.2) is 5.96 Å². The molecule has 2 aliphatic heterocycles. The average Bonchev–Trinajstić information content (AvgIpc) is 3.01. The number of carbonyl (C=O) groups excluding carboxylic acids is 2. The number of rotatable bonds is 6. The fourth-order valence-electron chi connectivity index (χ4n) is 4.36. The summed E-state index contributed by atoms with van der Waals surface area (Å²) in [4.78, 5) is 31.7.